The minimum absolute atomic E-state index is 0.183. The van der Waals surface area contributed by atoms with Crippen molar-refractivity contribution in [2.24, 2.45) is 11.8 Å². The summed E-state index contributed by atoms with van der Waals surface area (Å²) >= 11 is 3.46. The summed E-state index contributed by atoms with van der Waals surface area (Å²) in [5.41, 5.74) is 0. The van der Waals surface area contributed by atoms with Crippen molar-refractivity contribution in [3.63, 3.8) is 0 Å². The Labute approximate surface area is 106 Å². The Morgan fingerprint density at radius 3 is 2.81 bits per heavy atom. The minimum Gasteiger partial charge on any atom is -0.381 e. The summed E-state index contributed by atoms with van der Waals surface area (Å²) in [7, 11) is 0. The van der Waals surface area contributed by atoms with Crippen LogP contribution in [0, 0.1) is 11.8 Å². The van der Waals surface area contributed by atoms with Crippen LogP contribution in [-0.2, 0) is 9.53 Å². The number of rotatable bonds is 6. The molecule has 0 aliphatic carbocycles. The largest absolute Gasteiger partial charge is 0.381 e. The molecule has 0 radical (unpaired) electrons. The maximum Gasteiger partial charge on any atom is 0.223 e. The predicted molar refractivity (Wildman–Crippen MR) is 68.7 cm³/mol. The first-order valence-electron chi connectivity index (χ1n) is 6.15. The highest BCUT2D eigenvalue weighted by molar-refractivity contribution is 9.09. The van der Waals surface area contributed by atoms with Crippen LogP contribution in [0.2, 0.25) is 0 Å². The second-order valence-electron chi connectivity index (χ2n) is 4.58. The molecule has 1 amide bonds. The van der Waals surface area contributed by atoms with Gasteiger partial charge in [0, 0.05) is 31.0 Å². The van der Waals surface area contributed by atoms with Gasteiger partial charge in [-0.15, -0.1) is 0 Å². The summed E-state index contributed by atoms with van der Waals surface area (Å²) in [5.74, 6) is 1.09. The van der Waals surface area contributed by atoms with E-state index in [0.717, 1.165) is 44.4 Å². The van der Waals surface area contributed by atoms with Gasteiger partial charge >= 0.3 is 0 Å². The first-order valence-corrected chi connectivity index (χ1v) is 7.27. The molecular formula is C12H22BrNO2. The zero-order chi connectivity index (χ0) is 11.8. The lowest BCUT2D eigenvalue weighted by atomic mass is 9.99. The molecular weight excluding hydrogens is 270 g/mol. The molecule has 1 saturated heterocycles. The van der Waals surface area contributed by atoms with Gasteiger partial charge in [0.05, 0.1) is 0 Å². The fourth-order valence-corrected chi connectivity index (χ4v) is 2.17. The number of carbonyl (C=O) groups is 1. The van der Waals surface area contributed by atoms with Crippen molar-refractivity contribution < 1.29 is 9.53 Å². The molecule has 0 aromatic carbocycles. The molecule has 1 rings (SSSR count). The van der Waals surface area contributed by atoms with Crippen LogP contribution in [0.3, 0.4) is 0 Å². The van der Waals surface area contributed by atoms with Crippen LogP contribution in [0.5, 0.6) is 0 Å². The second-order valence-corrected chi connectivity index (χ2v) is 5.23. The van der Waals surface area contributed by atoms with Crippen molar-refractivity contribution >= 4 is 21.8 Å². The molecule has 4 heteroatoms. The highest BCUT2D eigenvalue weighted by Crippen LogP contribution is 2.14. The third-order valence-corrected chi connectivity index (χ3v) is 4.13. The Balaban J connectivity index is 2.05. The number of halogens is 1. The van der Waals surface area contributed by atoms with E-state index >= 15 is 0 Å². The molecule has 1 aliphatic rings. The summed E-state index contributed by atoms with van der Waals surface area (Å²) in [6, 6.07) is 0. The molecule has 1 heterocycles. The van der Waals surface area contributed by atoms with E-state index in [1.54, 1.807) is 0 Å². The molecule has 0 saturated carbocycles. The van der Waals surface area contributed by atoms with Crippen molar-refractivity contribution in [3.05, 3.63) is 0 Å². The zero-order valence-electron chi connectivity index (χ0n) is 10.0. The third kappa shape index (κ3) is 5.30. The van der Waals surface area contributed by atoms with Crippen molar-refractivity contribution in [3.8, 4) is 0 Å². The number of carbonyl (C=O) groups excluding carboxylic acids is 1. The highest BCUT2D eigenvalue weighted by atomic mass is 79.9. The first kappa shape index (κ1) is 14.0. The van der Waals surface area contributed by atoms with Gasteiger partial charge in [0.25, 0.3) is 0 Å². The van der Waals surface area contributed by atoms with E-state index in [4.69, 9.17) is 4.74 Å². The van der Waals surface area contributed by atoms with Crippen LogP contribution in [0.25, 0.3) is 0 Å². The van der Waals surface area contributed by atoms with E-state index in [2.05, 4.69) is 28.2 Å². The molecule has 0 aromatic rings. The molecule has 0 spiro atoms. The Morgan fingerprint density at radius 2 is 2.19 bits per heavy atom. The van der Waals surface area contributed by atoms with Gasteiger partial charge in [-0.2, -0.15) is 0 Å². The van der Waals surface area contributed by atoms with E-state index in [1.807, 2.05) is 0 Å². The second kappa shape index (κ2) is 8.07. The summed E-state index contributed by atoms with van der Waals surface area (Å²) in [6.45, 7) is 4.50. The minimum atomic E-state index is 0.183. The Morgan fingerprint density at radius 1 is 1.50 bits per heavy atom. The Bertz CT molecular complexity index is 205. The van der Waals surface area contributed by atoms with Crippen LogP contribution in [0.1, 0.15) is 32.6 Å². The average Bonchev–Trinajstić information content (AvgIpc) is 2.35. The molecule has 3 nitrogen and oxygen atoms in total. The fraction of sp³-hybridized carbons (Fsp3) is 0.917. The molecule has 1 atom stereocenters. The van der Waals surface area contributed by atoms with Gasteiger partial charge in [0.15, 0.2) is 0 Å². The number of amides is 1. The van der Waals surface area contributed by atoms with Crippen molar-refractivity contribution in [2.45, 2.75) is 32.6 Å². The SMILES string of the molecule is CC(CBr)CCCNC(=O)C1CCOCC1. The molecule has 1 N–H and O–H groups in total. The van der Waals surface area contributed by atoms with Gasteiger partial charge < -0.3 is 10.1 Å². The smallest absolute Gasteiger partial charge is 0.223 e. The van der Waals surface area contributed by atoms with Gasteiger partial charge in [0.1, 0.15) is 0 Å². The first-order chi connectivity index (χ1) is 7.74. The van der Waals surface area contributed by atoms with E-state index in [1.165, 1.54) is 6.42 Å². The maximum atomic E-state index is 11.7. The lowest BCUT2D eigenvalue weighted by Crippen LogP contribution is -2.34. The van der Waals surface area contributed by atoms with Crippen LogP contribution in [-0.4, -0.2) is 31.0 Å². The third-order valence-electron chi connectivity index (χ3n) is 3.03. The Hall–Kier alpha value is -0.0900. The summed E-state index contributed by atoms with van der Waals surface area (Å²) in [5, 5.41) is 4.06. The molecule has 1 fully saturated rings. The lowest BCUT2D eigenvalue weighted by molar-refractivity contribution is -0.127. The maximum absolute atomic E-state index is 11.7. The van der Waals surface area contributed by atoms with E-state index in [0.29, 0.717) is 5.92 Å². The quantitative estimate of drug-likeness (QED) is 0.603. The van der Waals surface area contributed by atoms with Gasteiger partial charge in [-0.25, -0.2) is 0 Å². The standard InChI is InChI=1S/C12H22BrNO2/c1-10(9-13)3-2-6-14-12(15)11-4-7-16-8-5-11/h10-11H,2-9H2,1H3,(H,14,15). The van der Waals surface area contributed by atoms with E-state index < -0.39 is 0 Å². The highest BCUT2D eigenvalue weighted by Gasteiger charge is 2.20. The Kier molecular flexibility index (Phi) is 7.05. The fourth-order valence-electron chi connectivity index (χ4n) is 1.84. The number of hydrogen-bond acceptors (Lipinski definition) is 2. The molecule has 1 unspecified atom stereocenters. The van der Waals surface area contributed by atoms with Gasteiger partial charge in [-0.1, -0.05) is 22.9 Å². The van der Waals surface area contributed by atoms with Gasteiger partial charge in [-0.05, 0) is 31.6 Å². The summed E-state index contributed by atoms with van der Waals surface area (Å²) < 4.78 is 5.24. The normalized spacial score (nSPS) is 19.4. The molecule has 0 bridgehead atoms. The number of hydrogen-bond donors (Lipinski definition) is 1. The monoisotopic (exact) mass is 291 g/mol. The van der Waals surface area contributed by atoms with Crippen molar-refractivity contribution in [1.82, 2.24) is 5.32 Å². The number of alkyl halides is 1. The van der Waals surface area contributed by atoms with Crippen LogP contribution in [0.15, 0.2) is 0 Å². The number of nitrogens with one attached hydrogen (secondary N) is 1. The molecule has 1 aliphatic heterocycles. The lowest BCUT2D eigenvalue weighted by Gasteiger charge is -2.21. The molecule has 94 valence electrons. The van der Waals surface area contributed by atoms with Crippen molar-refractivity contribution in [2.75, 3.05) is 25.1 Å². The van der Waals surface area contributed by atoms with Crippen LogP contribution >= 0.6 is 15.9 Å². The zero-order valence-corrected chi connectivity index (χ0v) is 11.6. The average molecular weight is 292 g/mol. The summed E-state index contributed by atoms with van der Waals surface area (Å²) in [6.07, 6.45) is 3.99. The predicted octanol–water partition coefficient (Wildman–Crippen LogP) is 2.34. The molecule has 16 heavy (non-hydrogen) atoms. The topological polar surface area (TPSA) is 38.3 Å². The van der Waals surface area contributed by atoms with E-state index in [9.17, 15) is 4.79 Å². The number of ether oxygens (including phenoxy) is 1. The van der Waals surface area contributed by atoms with Gasteiger partial charge in [0.2, 0.25) is 5.91 Å². The van der Waals surface area contributed by atoms with Gasteiger partial charge in [-0.3, -0.25) is 4.79 Å². The van der Waals surface area contributed by atoms with Crippen molar-refractivity contribution in [1.29, 1.82) is 0 Å². The summed E-state index contributed by atoms with van der Waals surface area (Å²) in [4.78, 5) is 11.7. The van der Waals surface area contributed by atoms with Crippen LogP contribution < -0.4 is 5.32 Å². The van der Waals surface area contributed by atoms with E-state index in [-0.39, 0.29) is 11.8 Å². The van der Waals surface area contributed by atoms with Crippen LogP contribution in [0.4, 0.5) is 0 Å². The molecule has 0 aromatic heterocycles.